The molecule has 2 aliphatic heterocycles. The lowest BCUT2D eigenvalue weighted by Gasteiger charge is -2.25. The molecule has 2 aromatic rings. The number of hydrogen-bond donors (Lipinski definition) is 2. The minimum atomic E-state index is -1.10. The fourth-order valence-electron chi connectivity index (χ4n) is 3.85. The average molecular weight is 369 g/mol. The molecule has 4 rings (SSSR count). The fourth-order valence-corrected chi connectivity index (χ4v) is 3.85. The van der Waals surface area contributed by atoms with Crippen molar-refractivity contribution in [3.63, 3.8) is 0 Å². The zero-order valence-corrected chi connectivity index (χ0v) is 14.6. The van der Waals surface area contributed by atoms with Crippen LogP contribution in [0.15, 0.2) is 54.6 Å². The quantitative estimate of drug-likeness (QED) is 0.870. The topological polar surface area (TPSA) is 72.9 Å². The number of rotatable bonds is 3. The molecule has 2 N–H and O–H groups in total. The van der Waals surface area contributed by atoms with Gasteiger partial charge >= 0.3 is 6.03 Å². The van der Waals surface area contributed by atoms with Crippen LogP contribution in [-0.4, -0.2) is 52.1 Å². The molecule has 2 aliphatic rings. The summed E-state index contributed by atoms with van der Waals surface area (Å²) in [6.45, 7) is 1.06. The Hall–Kier alpha value is -2.93. The number of carbonyl (C=O) groups excluding carboxylic acids is 2. The number of halogens is 1. The van der Waals surface area contributed by atoms with Gasteiger partial charge in [0, 0.05) is 31.2 Å². The number of nitrogens with one attached hydrogen (secondary N) is 1. The van der Waals surface area contributed by atoms with Gasteiger partial charge in [-0.2, -0.15) is 0 Å². The first-order valence-corrected chi connectivity index (χ1v) is 8.87. The predicted octanol–water partition coefficient (Wildman–Crippen LogP) is 2.06. The second-order valence-electron chi connectivity index (χ2n) is 6.97. The minimum absolute atomic E-state index is 0.216. The summed E-state index contributed by atoms with van der Waals surface area (Å²) in [4.78, 5) is 28.2. The maximum atomic E-state index is 13.0. The Kier molecular flexibility index (Phi) is 4.53. The maximum Gasteiger partial charge on any atom is 0.321 e. The van der Waals surface area contributed by atoms with Gasteiger partial charge in [-0.05, 0) is 29.8 Å². The van der Waals surface area contributed by atoms with Crippen LogP contribution >= 0.6 is 0 Å². The summed E-state index contributed by atoms with van der Waals surface area (Å²) in [6, 6.07) is 14.6. The molecule has 0 aromatic heterocycles. The zero-order valence-electron chi connectivity index (χ0n) is 14.6. The first-order valence-electron chi connectivity index (χ1n) is 8.87. The van der Waals surface area contributed by atoms with Gasteiger partial charge < -0.3 is 20.2 Å². The molecule has 3 amide bonds. The molecule has 0 aliphatic carbocycles. The lowest BCUT2D eigenvalue weighted by Crippen LogP contribution is -2.41. The second kappa shape index (κ2) is 7.00. The third-order valence-corrected chi connectivity index (χ3v) is 5.25. The van der Waals surface area contributed by atoms with Crippen molar-refractivity contribution in [2.75, 3.05) is 18.4 Å². The predicted molar refractivity (Wildman–Crippen MR) is 97.3 cm³/mol. The van der Waals surface area contributed by atoms with Gasteiger partial charge in [0.15, 0.2) is 0 Å². The Bertz CT molecular complexity index is 843. The van der Waals surface area contributed by atoms with Gasteiger partial charge in [-0.25, -0.2) is 9.18 Å². The zero-order chi connectivity index (χ0) is 19.0. The number of carbonyl (C=O) groups is 2. The molecule has 0 spiro atoms. The number of fused-ring (bicyclic) bond motifs is 1. The molecule has 0 saturated carbocycles. The van der Waals surface area contributed by atoms with Crippen LogP contribution in [0.5, 0.6) is 0 Å². The van der Waals surface area contributed by atoms with E-state index in [-0.39, 0.29) is 29.7 Å². The van der Waals surface area contributed by atoms with E-state index in [1.54, 1.807) is 9.80 Å². The maximum absolute atomic E-state index is 13.0. The van der Waals surface area contributed by atoms with E-state index in [0.717, 1.165) is 5.56 Å². The highest BCUT2D eigenvalue weighted by Gasteiger charge is 2.52. The van der Waals surface area contributed by atoms with Crippen molar-refractivity contribution < 1.29 is 19.1 Å². The van der Waals surface area contributed by atoms with E-state index in [0.29, 0.717) is 25.3 Å². The van der Waals surface area contributed by atoms with Crippen LogP contribution in [0, 0.1) is 11.7 Å². The lowest BCUT2D eigenvalue weighted by molar-refractivity contribution is -0.136. The Labute approximate surface area is 156 Å². The molecule has 2 fully saturated rings. The number of likely N-dealkylation sites (tertiary alicyclic amines) is 2. The minimum Gasteiger partial charge on any atom is -0.383 e. The monoisotopic (exact) mass is 369 g/mol. The fraction of sp³-hybridized carbons (Fsp3) is 0.300. The molecule has 0 unspecified atom stereocenters. The van der Waals surface area contributed by atoms with Crippen LogP contribution in [0.25, 0.3) is 0 Å². The van der Waals surface area contributed by atoms with E-state index >= 15 is 0 Å². The van der Waals surface area contributed by atoms with Gasteiger partial charge in [0.05, 0.1) is 6.04 Å². The molecule has 0 radical (unpaired) electrons. The molecule has 3 atom stereocenters. The number of amides is 3. The van der Waals surface area contributed by atoms with Gasteiger partial charge in [-0.3, -0.25) is 4.79 Å². The average Bonchev–Trinajstić information content (AvgIpc) is 3.20. The number of anilines is 1. The Balaban J connectivity index is 1.45. The molecule has 2 saturated heterocycles. The largest absolute Gasteiger partial charge is 0.383 e. The van der Waals surface area contributed by atoms with E-state index in [1.807, 2.05) is 30.3 Å². The number of aliphatic hydroxyl groups is 1. The number of urea groups is 1. The normalized spacial score (nSPS) is 24.2. The van der Waals surface area contributed by atoms with Crippen LogP contribution in [-0.2, 0) is 11.3 Å². The molecule has 6 nitrogen and oxygen atoms in total. The molecule has 27 heavy (non-hydrogen) atoms. The van der Waals surface area contributed by atoms with Crippen LogP contribution in [0.4, 0.5) is 14.9 Å². The van der Waals surface area contributed by atoms with Gasteiger partial charge in [0.25, 0.3) is 5.91 Å². The summed E-state index contributed by atoms with van der Waals surface area (Å²) in [7, 11) is 0. The summed E-state index contributed by atoms with van der Waals surface area (Å²) in [5.74, 6) is -0.963. The summed E-state index contributed by atoms with van der Waals surface area (Å²) < 4.78 is 13.0. The van der Waals surface area contributed by atoms with Crippen LogP contribution < -0.4 is 5.32 Å². The first kappa shape index (κ1) is 17.5. The number of hydrogen-bond acceptors (Lipinski definition) is 3. The molecular formula is C20H20FN3O3. The van der Waals surface area contributed by atoms with Crippen LogP contribution in [0.3, 0.4) is 0 Å². The third-order valence-electron chi connectivity index (χ3n) is 5.25. The van der Waals surface area contributed by atoms with Crippen molar-refractivity contribution in [1.82, 2.24) is 9.80 Å². The molecule has 140 valence electrons. The molecule has 2 aromatic carbocycles. The standard InChI is InChI=1S/C20H20FN3O3/c21-14-6-8-15(9-7-14)22-20(27)23-11-16-17(12-23)24(19(26)18(16)25)10-13-4-2-1-3-5-13/h1-9,16-18,25H,10-12H2,(H,22,27)/t16-,17+,18-/m0/s1. The third kappa shape index (κ3) is 3.38. The van der Waals surface area contributed by atoms with Crippen molar-refractivity contribution in [2.45, 2.75) is 18.7 Å². The van der Waals surface area contributed by atoms with E-state index in [9.17, 15) is 19.1 Å². The van der Waals surface area contributed by atoms with Crippen LogP contribution in [0.2, 0.25) is 0 Å². The first-order chi connectivity index (χ1) is 13.0. The van der Waals surface area contributed by atoms with Crippen molar-refractivity contribution >= 4 is 17.6 Å². The van der Waals surface area contributed by atoms with Crippen molar-refractivity contribution in [3.05, 3.63) is 66.0 Å². The van der Waals surface area contributed by atoms with E-state index < -0.39 is 6.10 Å². The SMILES string of the molecule is O=C(Nc1ccc(F)cc1)N1C[C@@H]2[C@H](O)C(=O)N(Cc3ccccc3)[C@@H]2C1. The summed E-state index contributed by atoms with van der Waals surface area (Å²) in [5.41, 5.74) is 1.48. The second-order valence-corrected chi connectivity index (χ2v) is 6.97. The lowest BCUT2D eigenvalue weighted by atomic mass is 10.0. The molecule has 0 bridgehead atoms. The number of aliphatic hydroxyl groups excluding tert-OH is 1. The van der Waals surface area contributed by atoms with E-state index in [1.165, 1.54) is 24.3 Å². The van der Waals surface area contributed by atoms with Gasteiger partial charge in [0.1, 0.15) is 11.9 Å². The molecule has 7 heteroatoms. The summed E-state index contributed by atoms with van der Waals surface area (Å²) in [5, 5.41) is 13.1. The smallest absolute Gasteiger partial charge is 0.321 e. The Morgan fingerprint density at radius 3 is 2.52 bits per heavy atom. The number of benzene rings is 2. The van der Waals surface area contributed by atoms with Crippen LogP contribution in [0.1, 0.15) is 5.56 Å². The highest BCUT2D eigenvalue weighted by molar-refractivity contribution is 5.90. The summed E-state index contributed by atoms with van der Waals surface area (Å²) >= 11 is 0. The van der Waals surface area contributed by atoms with Crippen molar-refractivity contribution in [2.24, 2.45) is 5.92 Å². The van der Waals surface area contributed by atoms with Gasteiger partial charge in [-0.1, -0.05) is 30.3 Å². The van der Waals surface area contributed by atoms with Gasteiger partial charge in [-0.15, -0.1) is 0 Å². The van der Waals surface area contributed by atoms with Crippen molar-refractivity contribution in [1.29, 1.82) is 0 Å². The highest BCUT2D eigenvalue weighted by atomic mass is 19.1. The van der Waals surface area contributed by atoms with Crippen molar-refractivity contribution in [3.8, 4) is 0 Å². The van der Waals surface area contributed by atoms with E-state index in [2.05, 4.69) is 5.32 Å². The number of nitrogens with zero attached hydrogens (tertiary/aromatic N) is 2. The molecule has 2 heterocycles. The van der Waals surface area contributed by atoms with Gasteiger partial charge in [0.2, 0.25) is 0 Å². The van der Waals surface area contributed by atoms with E-state index in [4.69, 9.17) is 0 Å². The molecular weight excluding hydrogens is 349 g/mol. The highest BCUT2D eigenvalue weighted by Crippen LogP contribution is 2.34. The Morgan fingerprint density at radius 2 is 1.81 bits per heavy atom. The summed E-state index contributed by atoms with van der Waals surface area (Å²) in [6.07, 6.45) is -1.10. The Morgan fingerprint density at radius 1 is 1.11 bits per heavy atom.